The Labute approximate surface area is 171 Å². The molecular formula is C21H18F3NO4S. The summed E-state index contributed by atoms with van der Waals surface area (Å²) in [7, 11) is -3.71. The first kappa shape index (κ1) is 21.6. The van der Waals surface area contributed by atoms with Crippen molar-refractivity contribution in [2.45, 2.75) is 29.8 Å². The number of sulfone groups is 1. The maximum absolute atomic E-state index is 12.9. The number of halogens is 3. The third kappa shape index (κ3) is 4.91. The summed E-state index contributed by atoms with van der Waals surface area (Å²) >= 11 is 0. The first-order valence-electron chi connectivity index (χ1n) is 8.90. The standard InChI is InChI=1S/C21H18F3NO4S/c1-14(15-6-5-7-17(12-15)21(22,23)24)25-20(26)19-16(10-11-29-19)13-30(27,28)18-8-3-2-4-9-18/h2-12,14H,13H2,1H3,(H,25,26). The smallest absolute Gasteiger partial charge is 0.416 e. The average Bonchev–Trinajstić information content (AvgIpc) is 3.15. The number of rotatable bonds is 6. The molecule has 5 nitrogen and oxygen atoms in total. The van der Waals surface area contributed by atoms with Gasteiger partial charge in [0.15, 0.2) is 15.6 Å². The van der Waals surface area contributed by atoms with Gasteiger partial charge in [-0.2, -0.15) is 13.2 Å². The fourth-order valence-electron chi connectivity index (χ4n) is 2.89. The second-order valence-electron chi connectivity index (χ2n) is 6.67. The lowest BCUT2D eigenvalue weighted by atomic mass is 10.0. The highest BCUT2D eigenvalue weighted by atomic mass is 32.2. The van der Waals surface area contributed by atoms with Crippen LogP contribution in [0.4, 0.5) is 13.2 Å². The van der Waals surface area contributed by atoms with Gasteiger partial charge < -0.3 is 9.73 Å². The van der Waals surface area contributed by atoms with Gasteiger partial charge in [0.05, 0.1) is 28.5 Å². The third-order valence-corrected chi connectivity index (χ3v) is 6.14. The van der Waals surface area contributed by atoms with Gasteiger partial charge in [-0.25, -0.2) is 8.42 Å². The van der Waals surface area contributed by atoms with Crippen molar-refractivity contribution in [3.8, 4) is 0 Å². The summed E-state index contributed by atoms with van der Waals surface area (Å²) in [6.07, 6.45) is -3.31. The molecule has 3 rings (SSSR count). The van der Waals surface area contributed by atoms with Crippen LogP contribution in [0.15, 0.2) is 76.2 Å². The van der Waals surface area contributed by atoms with Crippen LogP contribution in [0.5, 0.6) is 0 Å². The van der Waals surface area contributed by atoms with E-state index in [4.69, 9.17) is 4.42 Å². The molecule has 9 heteroatoms. The summed E-state index contributed by atoms with van der Waals surface area (Å²) in [6, 6.07) is 13.0. The monoisotopic (exact) mass is 437 g/mol. The van der Waals surface area contributed by atoms with Gasteiger partial charge in [0.25, 0.3) is 5.91 Å². The highest BCUT2D eigenvalue weighted by Crippen LogP contribution is 2.31. The van der Waals surface area contributed by atoms with E-state index in [1.807, 2.05) is 0 Å². The van der Waals surface area contributed by atoms with E-state index in [9.17, 15) is 26.4 Å². The Morgan fingerprint density at radius 1 is 1.07 bits per heavy atom. The molecule has 0 fully saturated rings. The van der Waals surface area contributed by atoms with Crippen molar-refractivity contribution in [2.24, 2.45) is 0 Å². The molecule has 0 aliphatic heterocycles. The topological polar surface area (TPSA) is 76.4 Å². The molecule has 1 heterocycles. The summed E-state index contributed by atoms with van der Waals surface area (Å²) in [4.78, 5) is 12.7. The van der Waals surface area contributed by atoms with E-state index in [1.54, 1.807) is 18.2 Å². The third-order valence-electron chi connectivity index (χ3n) is 4.46. The van der Waals surface area contributed by atoms with Crippen molar-refractivity contribution in [1.82, 2.24) is 5.32 Å². The van der Waals surface area contributed by atoms with Crippen molar-refractivity contribution in [2.75, 3.05) is 0 Å². The summed E-state index contributed by atoms with van der Waals surface area (Å²) in [5.41, 5.74) is -0.412. The molecule has 0 spiro atoms. The molecule has 0 aliphatic rings. The first-order chi connectivity index (χ1) is 14.1. The molecule has 0 saturated carbocycles. The highest BCUT2D eigenvalue weighted by Gasteiger charge is 2.31. The van der Waals surface area contributed by atoms with Gasteiger partial charge in [-0.3, -0.25) is 4.79 Å². The predicted molar refractivity (Wildman–Crippen MR) is 103 cm³/mol. The zero-order valence-corrected chi connectivity index (χ0v) is 16.6. The first-order valence-corrected chi connectivity index (χ1v) is 10.6. The number of carbonyl (C=O) groups excluding carboxylic acids is 1. The summed E-state index contributed by atoms with van der Waals surface area (Å²) in [6.45, 7) is 1.52. The lowest BCUT2D eigenvalue weighted by molar-refractivity contribution is -0.137. The number of amides is 1. The number of hydrogen-bond donors (Lipinski definition) is 1. The van der Waals surface area contributed by atoms with Crippen LogP contribution >= 0.6 is 0 Å². The van der Waals surface area contributed by atoms with Gasteiger partial charge in [-0.15, -0.1) is 0 Å². The van der Waals surface area contributed by atoms with E-state index in [0.29, 0.717) is 0 Å². The Morgan fingerprint density at radius 2 is 1.77 bits per heavy atom. The van der Waals surface area contributed by atoms with E-state index >= 15 is 0 Å². The lowest BCUT2D eigenvalue weighted by Crippen LogP contribution is -2.27. The molecule has 0 bridgehead atoms. The van der Waals surface area contributed by atoms with Crippen LogP contribution in [0, 0.1) is 0 Å². The van der Waals surface area contributed by atoms with Crippen LogP contribution in [0.1, 0.15) is 40.2 Å². The highest BCUT2D eigenvalue weighted by molar-refractivity contribution is 7.90. The lowest BCUT2D eigenvalue weighted by Gasteiger charge is -2.16. The van der Waals surface area contributed by atoms with Gasteiger partial charge in [0.1, 0.15) is 0 Å². The molecule has 1 N–H and O–H groups in total. The molecule has 158 valence electrons. The summed E-state index contributed by atoms with van der Waals surface area (Å²) < 4.78 is 69.0. The van der Waals surface area contributed by atoms with Gasteiger partial charge in [-0.1, -0.05) is 30.3 Å². The largest absolute Gasteiger partial charge is 0.459 e. The van der Waals surface area contributed by atoms with Crippen molar-refractivity contribution in [3.05, 3.63) is 89.4 Å². The Kier molecular flexibility index (Phi) is 6.02. The number of benzene rings is 2. The molecule has 1 aromatic heterocycles. The zero-order chi connectivity index (χ0) is 21.9. The van der Waals surface area contributed by atoms with Crippen LogP contribution in [0.25, 0.3) is 0 Å². The number of hydrogen-bond acceptors (Lipinski definition) is 4. The number of furan rings is 1. The number of alkyl halides is 3. The number of nitrogens with one attached hydrogen (secondary N) is 1. The predicted octanol–water partition coefficient (Wildman–Crippen LogP) is 4.76. The Bertz CT molecular complexity index is 1140. The van der Waals surface area contributed by atoms with Crippen LogP contribution in [-0.2, 0) is 21.8 Å². The minimum Gasteiger partial charge on any atom is -0.459 e. The molecule has 3 aromatic rings. The summed E-state index contributed by atoms with van der Waals surface area (Å²) in [5, 5.41) is 2.55. The fourth-order valence-corrected chi connectivity index (χ4v) is 4.27. The van der Waals surface area contributed by atoms with Crippen LogP contribution in [-0.4, -0.2) is 14.3 Å². The van der Waals surface area contributed by atoms with Gasteiger partial charge in [0, 0.05) is 5.56 Å². The molecule has 1 amide bonds. The summed E-state index contributed by atoms with van der Waals surface area (Å²) in [5.74, 6) is -1.37. The van der Waals surface area contributed by atoms with Gasteiger partial charge in [-0.05, 0) is 42.8 Å². The van der Waals surface area contributed by atoms with Crippen LogP contribution in [0.3, 0.4) is 0 Å². The second kappa shape index (κ2) is 8.35. The molecule has 0 aliphatic carbocycles. The van der Waals surface area contributed by atoms with Crippen molar-refractivity contribution >= 4 is 15.7 Å². The van der Waals surface area contributed by atoms with E-state index in [-0.39, 0.29) is 21.8 Å². The molecule has 1 unspecified atom stereocenters. The molecule has 2 aromatic carbocycles. The quantitative estimate of drug-likeness (QED) is 0.603. The molecule has 0 radical (unpaired) electrons. The second-order valence-corrected chi connectivity index (χ2v) is 8.66. The Hall–Kier alpha value is -3.07. The Balaban J connectivity index is 1.77. The minimum atomic E-state index is -4.50. The van der Waals surface area contributed by atoms with E-state index in [2.05, 4.69) is 5.32 Å². The number of carbonyl (C=O) groups is 1. The fraction of sp³-hybridized carbons (Fsp3) is 0.190. The van der Waals surface area contributed by atoms with E-state index in [0.717, 1.165) is 12.1 Å². The minimum absolute atomic E-state index is 0.106. The maximum Gasteiger partial charge on any atom is 0.416 e. The molecule has 0 saturated heterocycles. The SMILES string of the molecule is CC(NC(=O)c1occc1CS(=O)(=O)c1ccccc1)c1cccc(C(F)(F)F)c1. The average molecular weight is 437 g/mol. The Morgan fingerprint density at radius 3 is 2.43 bits per heavy atom. The normalized spacial score (nSPS) is 13.1. The molecule has 30 heavy (non-hydrogen) atoms. The molecular weight excluding hydrogens is 419 g/mol. The van der Waals surface area contributed by atoms with Crippen LogP contribution in [0.2, 0.25) is 0 Å². The maximum atomic E-state index is 12.9. The van der Waals surface area contributed by atoms with E-state index in [1.165, 1.54) is 43.5 Å². The van der Waals surface area contributed by atoms with Crippen molar-refractivity contribution in [1.29, 1.82) is 0 Å². The van der Waals surface area contributed by atoms with Crippen molar-refractivity contribution in [3.63, 3.8) is 0 Å². The zero-order valence-electron chi connectivity index (χ0n) is 15.8. The van der Waals surface area contributed by atoms with Gasteiger partial charge >= 0.3 is 6.18 Å². The molecule has 1 atom stereocenters. The van der Waals surface area contributed by atoms with Crippen LogP contribution < -0.4 is 5.32 Å². The van der Waals surface area contributed by atoms with Gasteiger partial charge in [0.2, 0.25) is 0 Å². The van der Waals surface area contributed by atoms with E-state index < -0.39 is 39.3 Å². The van der Waals surface area contributed by atoms with Crippen molar-refractivity contribution < 1.29 is 30.8 Å².